The number of carbonyl (C=O) groups excluding carboxylic acids is 1. The number of nitrogens with zero attached hydrogens (tertiary/aromatic N) is 1. The van der Waals surface area contributed by atoms with E-state index >= 15 is 0 Å². The molecular weight excluding hydrogens is 423 g/mol. The molecular formula is C21H26N2O7P+. The molecule has 5 atom stereocenters. The molecule has 0 radical (unpaired) electrons. The van der Waals surface area contributed by atoms with E-state index in [1.807, 2.05) is 45.2 Å². The van der Waals surface area contributed by atoms with Crippen LogP contribution < -0.4 is 10.3 Å². The van der Waals surface area contributed by atoms with Gasteiger partial charge in [-0.15, -0.1) is 4.52 Å². The van der Waals surface area contributed by atoms with Crippen molar-refractivity contribution in [1.82, 2.24) is 4.90 Å². The van der Waals surface area contributed by atoms with E-state index in [2.05, 4.69) is 0 Å². The molecule has 2 fully saturated rings. The Bertz CT molecular complexity index is 915. The minimum Gasteiger partial charge on any atom is -0.366 e. The first-order valence-electron chi connectivity index (χ1n) is 10.0. The van der Waals surface area contributed by atoms with Crippen LogP contribution in [0.15, 0.2) is 48.3 Å². The highest BCUT2D eigenvalue weighted by Crippen LogP contribution is 2.41. The molecule has 2 N–H and O–H groups in total. The maximum Gasteiger partial charge on any atom is 0.750 e. The predicted octanol–water partition coefficient (Wildman–Crippen LogP) is 2.88. The molecule has 0 aromatic heterocycles. The van der Waals surface area contributed by atoms with Crippen LogP contribution >= 0.6 is 8.25 Å². The van der Waals surface area contributed by atoms with Gasteiger partial charge in [-0.05, 0) is 39.3 Å². The van der Waals surface area contributed by atoms with Gasteiger partial charge in [0.25, 0.3) is 0 Å². The first-order chi connectivity index (χ1) is 14.7. The van der Waals surface area contributed by atoms with E-state index < -0.39 is 44.5 Å². The number of hydrogen-bond acceptors (Lipinski definition) is 8. The summed E-state index contributed by atoms with van der Waals surface area (Å²) in [6, 6.07) is 7.18. The molecule has 3 heterocycles. The number of allylic oxidation sites excluding steroid dienone is 1. The third-order valence-electron chi connectivity index (χ3n) is 5.20. The first-order valence-corrected chi connectivity index (χ1v) is 11.1. The van der Waals surface area contributed by atoms with Gasteiger partial charge in [0.2, 0.25) is 5.91 Å². The van der Waals surface area contributed by atoms with Gasteiger partial charge in [-0.25, -0.2) is 4.52 Å². The highest BCUT2D eigenvalue weighted by Gasteiger charge is 2.57. The number of rotatable bonds is 7. The summed E-state index contributed by atoms with van der Waals surface area (Å²) in [4.78, 5) is 13.3. The number of primary amides is 1. The van der Waals surface area contributed by atoms with Gasteiger partial charge in [0.1, 0.15) is 24.9 Å². The fourth-order valence-corrected chi connectivity index (χ4v) is 4.39. The normalized spacial score (nSPS) is 29.5. The quantitative estimate of drug-likeness (QED) is 0.633. The van der Waals surface area contributed by atoms with Crippen molar-refractivity contribution in [3.8, 4) is 5.75 Å². The largest absolute Gasteiger partial charge is 0.750 e. The Kier molecular flexibility index (Phi) is 6.14. The minimum atomic E-state index is -2.40. The Morgan fingerprint density at radius 2 is 1.97 bits per heavy atom. The molecule has 0 aliphatic carbocycles. The summed E-state index contributed by atoms with van der Waals surface area (Å²) in [7, 11) is -2.40. The number of aryl methyl sites for hydroxylation is 1. The molecule has 9 nitrogen and oxygen atoms in total. The van der Waals surface area contributed by atoms with Gasteiger partial charge in [-0.1, -0.05) is 23.8 Å². The van der Waals surface area contributed by atoms with Gasteiger partial charge < -0.3 is 24.8 Å². The molecule has 1 unspecified atom stereocenters. The second-order valence-electron chi connectivity index (χ2n) is 8.11. The summed E-state index contributed by atoms with van der Waals surface area (Å²) in [6.45, 7) is 5.58. The monoisotopic (exact) mass is 449 g/mol. The summed E-state index contributed by atoms with van der Waals surface area (Å²) >= 11 is 0. The molecule has 2 saturated heterocycles. The van der Waals surface area contributed by atoms with Crippen LogP contribution in [0.3, 0.4) is 0 Å². The fraction of sp³-hybridized carbons (Fsp3) is 0.476. The van der Waals surface area contributed by atoms with Crippen molar-refractivity contribution >= 4 is 14.2 Å². The van der Waals surface area contributed by atoms with Crippen LogP contribution in [-0.2, 0) is 28.1 Å². The topological polar surface area (TPSA) is 110 Å². The lowest BCUT2D eigenvalue weighted by Gasteiger charge is -2.31. The Labute approximate surface area is 181 Å². The predicted molar refractivity (Wildman–Crippen MR) is 111 cm³/mol. The summed E-state index contributed by atoms with van der Waals surface area (Å²) in [6.07, 6.45) is 3.78. The number of fused-ring (bicyclic) bond motifs is 1. The average Bonchev–Trinajstić information content (AvgIpc) is 3.21. The molecule has 0 bridgehead atoms. The summed E-state index contributed by atoms with van der Waals surface area (Å²) < 4.78 is 41.2. The molecule has 1 amide bonds. The van der Waals surface area contributed by atoms with Crippen molar-refractivity contribution in [2.75, 3.05) is 6.61 Å². The van der Waals surface area contributed by atoms with E-state index in [0.29, 0.717) is 17.7 Å². The lowest BCUT2D eigenvalue weighted by molar-refractivity contribution is -0.201. The van der Waals surface area contributed by atoms with Crippen LogP contribution in [0, 0.1) is 6.92 Å². The van der Waals surface area contributed by atoms with Gasteiger partial charge in [-0.3, -0.25) is 4.79 Å². The van der Waals surface area contributed by atoms with Crippen LogP contribution in [0.5, 0.6) is 5.75 Å². The highest BCUT2D eigenvalue weighted by molar-refractivity contribution is 7.33. The van der Waals surface area contributed by atoms with Crippen molar-refractivity contribution in [2.24, 2.45) is 5.73 Å². The number of nitrogens with two attached hydrogens (primary N) is 1. The molecule has 1 aromatic carbocycles. The Morgan fingerprint density at radius 1 is 1.26 bits per heavy atom. The van der Waals surface area contributed by atoms with Gasteiger partial charge in [0, 0.05) is 22.5 Å². The molecule has 31 heavy (non-hydrogen) atoms. The van der Waals surface area contributed by atoms with Crippen LogP contribution in [-0.4, -0.2) is 47.7 Å². The number of hydrogen-bond donors (Lipinski definition) is 1. The van der Waals surface area contributed by atoms with E-state index in [0.717, 1.165) is 5.56 Å². The standard InChI is InChI=1S/C21H25N2O7P/c1-13-6-8-15(9-7-13)30-31(25)26-12-16-17-18(29-21(2,3)28-17)20(27-16)23-10-4-5-14(11-23)19(22)24/h4,6-11,16-18,20H,5,12H2,1-3H3,(H-,22,24)/p+1/t16-,17-,18-,20-/m1/s1. The SMILES string of the molecule is Cc1ccc(O[P+](=O)OC[C@H]2O[C@@H](N3C=CCC(C(N)=O)=C3)[C@@H]3OC(C)(C)O[C@@H]32)cc1. The van der Waals surface area contributed by atoms with Crippen molar-refractivity contribution < 1.29 is 32.6 Å². The molecule has 1 aromatic rings. The molecule has 166 valence electrons. The maximum absolute atomic E-state index is 12.3. The zero-order valence-corrected chi connectivity index (χ0v) is 18.5. The second-order valence-corrected chi connectivity index (χ2v) is 9.00. The van der Waals surface area contributed by atoms with Gasteiger partial charge in [0.05, 0.1) is 0 Å². The van der Waals surface area contributed by atoms with Crippen molar-refractivity contribution in [2.45, 2.75) is 57.5 Å². The third kappa shape index (κ3) is 4.97. The molecule has 0 spiro atoms. The Morgan fingerprint density at radius 3 is 2.68 bits per heavy atom. The Balaban J connectivity index is 1.42. The molecule has 0 saturated carbocycles. The fourth-order valence-electron chi connectivity index (χ4n) is 3.78. The summed E-state index contributed by atoms with van der Waals surface area (Å²) in [5.74, 6) is -0.844. The smallest absolute Gasteiger partial charge is 0.366 e. The summed E-state index contributed by atoms with van der Waals surface area (Å²) in [5.41, 5.74) is 6.97. The first kappa shape index (κ1) is 21.9. The lowest BCUT2D eigenvalue weighted by atomic mass is 10.1. The third-order valence-corrected chi connectivity index (χ3v) is 5.92. The lowest BCUT2D eigenvalue weighted by Crippen LogP contribution is -2.40. The zero-order valence-electron chi connectivity index (χ0n) is 17.6. The summed E-state index contributed by atoms with van der Waals surface area (Å²) in [5, 5.41) is 0. The van der Waals surface area contributed by atoms with Crippen molar-refractivity contribution in [3.63, 3.8) is 0 Å². The molecule has 10 heteroatoms. The maximum atomic E-state index is 12.3. The minimum absolute atomic E-state index is 0.0118. The number of ether oxygens (including phenoxy) is 3. The number of benzene rings is 1. The van der Waals surface area contributed by atoms with Gasteiger partial charge in [-0.2, -0.15) is 0 Å². The van der Waals surface area contributed by atoms with E-state index in [4.69, 9.17) is 29.0 Å². The van der Waals surface area contributed by atoms with Crippen LogP contribution in [0.4, 0.5) is 0 Å². The van der Waals surface area contributed by atoms with Gasteiger partial charge in [0.15, 0.2) is 17.8 Å². The number of amides is 1. The van der Waals surface area contributed by atoms with Crippen LogP contribution in [0.2, 0.25) is 0 Å². The van der Waals surface area contributed by atoms with Crippen LogP contribution in [0.1, 0.15) is 25.8 Å². The van der Waals surface area contributed by atoms with Crippen molar-refractivity contribution in [1.29, 1.82) is 0 Å². The van der Waals surface area contributed by atoms with E-state index in [-0.39, 0.29) is 6.61 Å². The van der Waals surface area contributed by atoms with Crippen LogP contribution in [0.25, 0.3) is 0 Å². The highest BCUT2D eigenvalue weighted by atomic mass is 31.1. The molecule has 3 aliphatic rings. The molecule has 4 rings (SSSR count). The zero-order chi connectivity index (χ0) is 22.2. The average molecular weight is 449 g/mol. The van der Waals surface area contributed by atoms with Gasteiger partial charge >= 0.3 is 8.25 Å². The second kappa shape index (κ2) is 8.68. The Hall–Kier alpha value is -2.29. The van der Waals surface area contributed by atoms with E-state index in [9.17, 15) is 9.36 Å². The van der Waals surface area contributed by atoms with E-state index in [1.54, 1.807) is 23.2 Å². The molecule has 3 aliphatic heterocycles. The number of carbonyl (C=O) groups is 1. The van der Waals surface area contributed by atoms with Crippen molar-refractivity contribution in [3.05, 3.63) is 53.9 Å². The van der Waals surface area contributed by atoms with E-state index in [1.165, 1.54) is 0 Å².